The molecule has 0 bridgehead atoms. The van der Waals surface area contributed by atoms with E-state index in [1.54, 1.807) is 23.1 Å². The van der Waals surface area contributed by atoms with Crippen molar-refractivity contribution >= 4 is 5.97 Å². The van der Waals surface area contributed by atoms with Gasteiger partial charge in [0, 0.05) is 12.4 Å². The highest BCUT2D eigenvalue weighted by Gasteiger charge is 2.22. The van der Waals surface area contributed by atoms with Gasteiger partial charge in [0.25, 0.3) is 5.95 Å². The normalized spacial score (nSPS) is 10.7. The van der Waals surface area contributed by atoms with E-state index in [1.807, 2.05) is 13.8 Å². The van der Waals surface area contributed by atoms with Crippen LogP contribution in [0.4, 0.5) is 0 Å². The molecule has 2 aromatic heterocycles. The highest BCUT2D eigenvalue weighted by atomic mass is 16.5. The fourth-order valence-electron chi connectivity index (χ4n) is 1.74. The van der Waals surface area contributed by atoms with E-state index in [1.165, 1.54) is 13.3 Å². The molecular weight excluding hydrogens is 232 g/mol. The first-order chi connectivity index (χ1) is 8.65. The topological polar surface area (TPSA) is 69.9 Å². The molecule has 0 aromatic carbocycles. The van der Waals surface area contributed by atoms with Crippen LogP contribution in [0.15, 0.2) is 24.7 Å². The summed E-state index contributed by atoms with van der Waals surface area (Å²) in [5, 5.41) is 4.17. The lowest BCUT2D eigenvalue weighted by Gasteiger charge is -2.10. The van der Waals surface area contributed by atoms with Crippen molar-refractivity contribution in [1.29, 1.82) is 0 Å². The van der Waals surface area contributed by atoms with Gasteiger partial charge in [-0.15, -0.1) is 0 Å². The Hall–Kier alpha value is -2.24. The lowest BCUT2D eigenvalue weighted by atomic mass is 10.1. The zero-order valence-electron chi connectivity index (χ0n) is 10.5. The van der Waals surface area contributed by atoms with Gasteiger partial charge < -0.3 is 4.74 Å². The molecule has 2 aromatic rings. The first-order valence-corrected chi connectivity index (χ1v) is 5.58. The van der Waals surface area contributed by atoms with Crippen LogP contribution in [0.5, 0.6) is 0 Å². The van der Waals surface area contributed by atoms with Gasteiger partial charge in [0.2, 0.25) is 0 Å². The molecule has 0 fully saturated rings. The lowest BCUT2D eigenvalue weighted by Crippen LogP contribution is -2.11. The summed E-state index contributed by atoms with van der Waals surface area (Å²) in [5.41, 5.74) is 1.19. The maximum Gasteiger partial charge on any atom is 0.341 e. The van der Waals surface area contributed by atoms with E-state index in [-0.39, 0.29) is 5.92 Å². The van der Waals surface area contributed by atoms with Crippen LogP contribution in [-0.2, 0) is 4.74 Å². The van der Waals surface area contributed by atoms with Gasteiger partial charge in [0.15, 0.2) is 0 Å². The zero-order valence-corrected chi connectivity index (χ0v) is 10.5. The molecule has 0 N–H and O–H groups in total. The summed E-state index contributed by atoms with van der Waals surface area (Å²) >= 11 is 0. The van der Waals surface area contributed by atoms with Crippen molar-refractivity contribution in [2.24, 2.45) is 0 Å². The van der Waals surface area contributed by atoms with Gasteiger partial charge in [-0.2, -0.15) is 5.10 Å². The summed E-state index contributed by atoms with van der Waals surface area (Å²) in [6, 6.07) is 1.73. The quantitative estimate of drug-likeness (QED) is 0.769. The Morgan fingerprint density at radius 3 is 2.56 bits per heavy atom. The van der Waals surface area contributed by atoms with E-state index in [9.17, 15) is 4.79 Å². The van der Waals surface area contributed by atoms with Gasteiger partial charge in [-0.1, -0.05) is 13.8 Å². The molecular formula is C12H14N4O2. The Balaban J connectivity index is 2.56. The van der Waals surface area contributed by atoms with E-state index in [0.717, 1.165) is 5.69 Å². The van der Waals surface area contributed by atoms with Gasteiger partial charge in [-0.25, -0.2) is 19.4 Å². The van der Waals surface area contributed by atoms with E-state index in [4.69, 9.17) is 4.74 Å². The van der Waals surface area contributed by atoms with E-state index in [2.05, 4.69) is 15.1 Å². The molecule has 94 valence electrons. The van der Waals surface area contributed by atoms with E-state index >= 15 is 0 Å². The molecule has 0 saturated carbocycles. The predicted molar refractivity (Wildman–Crippen MR) is 64.6 cm³/mol. The molecule has 0 radical (unpaired) electrons. The van der Waals surface area contributed by atoms with Gasteiger partial charge >= 0.3 is 5.97 Å². The molecule has 0 aliphatic rings. The first-order valence-electron chi connectivity index (χ1n) is 5.58. The monoisotopic (exact) mass is 246 g/mol. The molecule has 18 heavy (non-hydrogen) atoms. The molecule has 0 spiro atoms. The highest BCUT2D eigenvalue weighted by molar-refractivity contribution is 5.90. The Morgan fingerprint density at radius 1 is 1.33 bits per heavy atom. The summed E-state index contributed by atoms with van der Waals surface area (Å²) < 4.78 is 6.31. The number of methoxy groups -OCH3 is 1. The number of carbonyl (C=O) groups excluding carboxylic acids is 1. The van der Waals surface area contributed by atoms with Crippen LogP contribution in [0.3, 0.4) is 0 Å². The van der Waals surface area contributed by atoms with Crippen LogP contribution >= 0.6 is 0 Å². The minimum atomic E-state index is -0.402. The van der Waals surface area contributed by atoms with Gasteiger partial charge in [-0.05, 0) is 12.0 Å². The van der Waals surface area contributed by atoms with Crippen LogP contribution in [-0.4, -0.2) is 32.8 Å². The zero-order chi connectivity index (χ0) is 13.1. The number of carbonyl (C=O) groups is 1. The van der Waals surface area contributed by atoms with Crippen LogP contribution in [0.2, 0.25) is 0 Å². The second-order valence-electron chi connectivity index (χ2n) is 4.05. The molecule has 2 rings (SSSR count). The fourth-order valence-corrected chi connectivity index (χ4v) is 1.74. The summed E-state index contributed by atoms with van der Waals surface area (Å²) in [6.45, 7) is 3.95. The van der Waals surface area contributed by atoms with Crippen LogP contribution in [0, 0.1) is 0 Å². The molecule has 0 atom stereocenters. The van der Waals surface area contributed by atoms with Crippen LogP contribution < -0.4 is 0 Å². The third-order valence-electron chi connectivity index (χ3n) is 2.50. The SMILES string of the molecule is COC(=O)c1cnn(-c2ncccn2)c1C(C)C. The van der Waals surface area contributed by atoms with Crippen molar-refractivity contribution in [2.75, 3.05) is 7.11 Å². The van der Waals surface area contributed by atoms with Crippen molar-refractivity contribution in [3.63, 3.8) is 0 Å². The molecule has 0 aliphatic carbocycles. The predicted octanol–water partition coefficient (Wildman–Crippen LogP) is 1.57. The fraction of sp³-hybridized carbons (Fsp3) is 0.333. The largest absolute Gasteiger partial charge is 0.465 e. The van der Waals surface area contributed by atoms with Crippen LogP contribution in [0.1, 0.15) is 35.8 Å². The van der Waals surface area contributed by atoms with Crippen molar-refractivity contribution < 1.29 is 9.53 Å². The minimum absolute atomic E-state index is 0.102. The standard InChI is InChI=1S/C12H14N4O2/c1-8(2)10-9(11(17)18-3)7-15-16(10)12-13-5-4-6-14-12/h4-8H,1-3H3. The Labute approximate surface area is 105 Å². The molecule has 2 heterocycles. The van der Waals surface area contributed by atoms with Crippen molar-refractivity contribution in [3.8, 4) is 5.95 Å². The Morgan fingerprint density at radius 2 is 2.00 bits per heavy atom. The number of nitrogens with zero attached hydrogens (tertiary/aromatic N) is 4. The van der Waals surface area contributed by atoms with E-state index in [0.29, 0.717) is 11.5 Å². The number of rotatable bonds is 3. The number of esters is 1. The second-order valence-corrected chi connectivity index (χ2v) is 4.05. The van der Waals surface area contributed by atoms with E-state index < -0.39 is 5.97 Å². The highest BCUT2D eigenvalue weighted by Crippen LogP contribution is 2.21. The molecule has 0 saturated heterocycles. The van der Waals surface area contributed by atoms with Crippen molar-refractivity contribution in [1.82, 2.24) is 19.7 Å². The number of ether oxygens (including phenoxy) is 1. The summed E-state index contributed by atoms with van der Waals surface area (Å²) in [4.78, 5) is 19.9. The number of aromatic nitrogens is 4. The first kappa shape index (κ1) is 12.2. The summed E-state index contributed by atoms with van der Waals surface area (Å²) in [7, 11) is 1.35. The molecule has 0 unspecified atom stereocenters. The van der Waals surface area contributed by atoms with Crippen molar-refractivity contribution in [3.05, 3.63) is 35.9 Å². The summed E-state index contributed by atoms with van der Waals surface area (Å²) in [5.74, 6) is 0.141. The molecule has 6 heteroatoms. The van der Waals surface area contributed by atoms with Crippen LogP contribution in [0.25, 0.3) is 5.95 Å². The second kappa shape index (κ2) is 4.95. The third-order valence-corrected chi connectivity index (χ3v) is 2.50. The average molecular weight is 246 g/mol. The Kier molecular flexibility index (Phi) is 3.36. The maximum absolute atomic E-state index is 11.7. The number of hydrogen-bond acceptors (Lipinski definition) is 5. The van der Waals surface area contributed by atoms with Gasteiger partial charge in [0.1, 0.15) is 5.56 Å². The molecule has 0 aliphatic heterocycles. The smallest absolute Gasteiger partial charge is 0.341 e. The van der Waals surface area contributed by atoms with Gasteiger partial charge in [0.05, 0.1) is 19.0 Å². The minimum Gasteiger partial charge on any atom is -0.465 e. The maximum atomic E-state index is 11.7. The Bertz CT molecular complexity index is 548. The van der Waals surface area contributed by atoms with Gasteiger partial charge in [-0.3, -0.25) is 0 Å². The number of hydrogen-bond donors (Lipinski definition) is 0. The molecule has 6 nitrogen and oxygen atoms in total. The average Bonchev–Trinajstić information content (AvgIpc) is 2.83. The lowest BCUT2D eigenvalue weighted by molar-refractivity contribution is 0.0599. The summed E-state index contributed by atoms with van der Waals surface area (Å²) in [6.07, 6.45) is 4.75. The van der Waals surface area contributed by atoms with Crippen molar-refractivity contribution in [2.45, 2.75) is 19.8 Å². The molecule has 0 amide bonds. The third kappa shape index (κ3) is 2.09.